The fourth-order valence-electron chi connectivity index (χ4n) is 1.42. The number of amides is 1. The van der Waals surface area contributed by atoms with Crippen molar-refractivity contribution < 1.29 is 9.72 Å². The van der Waals surface area contributed by atoms with E-state index in [0.29, 0.717) is 10.9 Å². The Morgan fingerprint density at radius 3 is 2.74 bits per heavy atom. The van der Waals surface area contributed by atoms with E-state index in [2.05, 4.69) is 15.5 Å². The van der Waals surface area contributed by atoms with Crippen LogP contribution in [0.15, 0.2) is 34.4 Å². The molecule has 0 bridgehead atoms. The Hall–Kier alpha value is -2.22. The van der Waals surface area contributed by atoms with Gasteiger partial charge in [0.1, 0.15) is 0 Å². The largest absolute Gasteiger partial charge is 0.274 e. The van der Waals surface area contributed by atoms with Crippen LogP contribution in [0.5, 0.6) is 0 Å². The second-order valence-corrected chi connectivity index (χ2v) is 4.66. The molecule has 0 fully saturated rings. The summed E-state index contributed by atoms with van der Waals surface area (Å²) in [5, 5.41) is 14.9. The number of nitro benzene ring substituents is 1. The van der Waals surface area contributed by atoms with Gasteiger partial charge < -0.3 is 0 Å². The Bertz CT molecular complexity index is 580. The van der Waals surface area contributed by atoms with Crippen LogP contribution >= 0.6 is 11.8 Å². The van der Waals surface area contributed by atoms with E-state index in [-0.39, 0.29) is 11.6 Å². The fraction of sp³-hybridized carbons (Fsp3) is 0.182. The highest BCUT2D eigenvalue weighted by molar-refractivity contribution is 8.15. The second kappa shape index (κ2) is 5.61. The van der Waals surface area contributed by atoms with Crippen LogP contribution in [-0.4, -0.2) is 27.5 Å². The van der Waals surface area contributed by atoms with Crippen LogP contribution in [0.4, 0.5) is 5.69 Å². The van der Waals surface area contributed by atoms with Gasteiger partial charge in [0, 0.05) is 24.8 Å². The van der Waals surface area contributed by atoms with Gasteiger partial charge in [-0.1, -0.05) is 11.8 Å². The second-order valence-electron chi connectivity index (χ2n) is 3.71. The van der Waals surface area contributed by atoms with Gasteiger partial charge in [-0.3, -0.25) is 14.9 Å². The number of thioether (sulfide) groups is 1. The van der Waals surface area contributed by atoms with Crippen molar-refractivity contribution in [3.05, 3.63) is 39.9 Å². The normalized spacial score (nSPS) is 16.3. The molecule has 0 radical (unpaired) electrons. The first-order valence-electron chi connectivity index (χ1n) is 5.36. The molecule has 7 nitrogen and oxygen atoms in total. The van der Waals surface area contributed by atoms with Crippen LogP contribution in [0.3, 0.4) is 0 Å². The lowest BCUT2D eigenvalue weighted by molar-refractivity contribution is -0.384. The average Bonchev–Trinajstić information content (AvgIpc) is 2.85. The van der Waals surface area contributed by atoms with Crippen molar-refractivity contribution in [2.24, 2.45) is 10.1 Å². The Morgan fingerprint density at radius 2 is 2.16 bits per heavy atom. The Labute approximate surface area is 112 Å². The summed E-state index contributed by atoms with van der Waals surface area (Å²) in [7, 11) is 0. The molecule has 0 atom stereocenters. The van der Waals surface area contributed by atoms with Gasteiger partial charge >= 0.3 is 0 Å². The van der Waals surface area contributed by atoms with E-state index >= 15 is 0 Å². The monoisotopic (exact) mass is 278 g/mol. The third-order valence-corrected chi connectivity index (χ3v) is 3.15. The first-order valence-corrected chi connectivity index (χ1v) is 6.34. The van der Waals surface area contributed by atoms with Crippen molar-refractivity contribution in [2.45, 2.75) is 6.92 Å². The predicted molar refractivity (Wildman–Crippen MR) is 73.3 cm³/mol. The highest BCUT2D eigenvalue weighted by Crippen LogP contribution is 2.20. The number of hydrogen-bond donors (Lipinski definition) is 1. The van der Waals surface area contributed by atoms with Gasteiger partial charge in [0.2, 0.25) is 11.1 Å². The summed E-state index contributed by atoms with van der Waals surface area (Å²) in [5.41, 5.74) is 3.95. The lowest BCUT2D eigenvalue weighted by atomic mass is 10.1. The minimum absolute atomic E-state index is 0.0436. The van der Waals surface area contributed by atoms with Gasteiger partial charge in [-0.25, -0.2) is 10.4 Å². The molecule has 1 N–H and O–H groups in total. The van der Waals surface area contributed by atoms with Crippen molar-refractivity contribution in [3.63, 3.8) is 0 Å². The highest BCUT2D eigenvalue weighted by atomic mass is 32.2. The maximum atomic E-state index is 10.7. The van der Waals surface area contributed by atoms with Crippen molar-refractivity contribution in [1.82, 2.24) is 5.43 Å². The number of aliphatic imine (C=N–C) groups is 1. The van der Waals surface area contributed by atoms with Crippen LogP contribution in [0, 0.1) is 10.1 Å². The van der Waals surface area contributed by atoms with E-state index in [1.165, 1.54) is 30.8 Å². The zero-order valence-electron chi connectivity index (χ0n) is 9.99. The number of amidine groups is 1. The molecule has 8 heteroatoms. The van der Waals surface area contributed by atoms with Crippen molar-refractivity contribution in [3.8, 4) is 0 Å². The number of carbonyl (C=O) groups is 1. The SMILES string of the molecule is CC(=O)N/N=C1/N=C(c2ccc([N+](=O)[O-])cc2)CS1. The summed E-state index contributed by atoms with van der Waals surface area (Å²) in [6.07, 6.45) is 0. The van der Waals surface area contributed by atoms with Crippen molar-refractivity contribution in [2.75, 3.05) is 5.75 Å². The number of carbonyl (C=O) groups excluding carboxylic acids is 1. The smallest absolute Gasteiger partial charge is 0.269 e. The van der Waals surface area contributed by atoms with E-state index in [4.69, 9.17) is 0 Å². The minimum Gasteiger partial charge on any atom is -0.274 e. The molecule has 1 aliphatic heterocycles. The number of hydrogen-bond acceptors (Lipinski definition) is 5. The summed E-state index contributed by atoms with van der Waals surface area (Å²) in [4.78, 5) is 25.1. The molecule has 1 amide bonds. The number of nitrogens with one attached hydrogen (secondary N) is 1. The van der Waals surface area contributed by atoms with E-state index in [1.54, 1.807) is 12.1 Å². The van der Waals surface area contributed by atoms with Gasteiger partial charge in [-0.2, -0.15) is 0 Å². The molecule has 0 aliphatic carbocycles. The summed E-state index contributed by atoms with van der Waals surface area (Å²) >= 11 is 1.40. The molecule has 19 heavy (non-hydrogen) atoms. The molecule has 0 saturated heterocycles. The van der Waals surface area contributed by atoms with E-state index in [9.17, 15) is 14.9 Å². The summed E-state index contributed by atoms with van der Waals surface area (Å²) in [6, 6.07) is 6.18. The third-order valence-electron chi connectivity index (χ3n) is 2.29. The van der Waals surface area contributed by atoms with E-state index in [0.717, 1.165) is 11.3 Å². The molecule has 0 unspecified atom stereocenters. The number of nitro groups is 1. The fourth-order valence-corrected chi connectivity index (χ4v) is 2.20. The van der Waals surface area contributed by atoms with Crippen LogP contribution in [0.25, 0.3) is 0 Å². The van der Waals surface area contributed by atoms with Crippen LogP contribution < -0.4 is 5.43 Å². The Balaban J connectivity index is 2.14. The Morgan fingerprint density at radius 1 is 1.47 bits per heavy atom. The molecule has 0 saturated carbocycles. The number of benzene rings is 1. The van der Waals surface area contributed by atoms with Gasteiger partial charge in [-0.05, 0) is 17.7 Å². The molecule has 98 valence electrons. The van der Waals surface area contributed by atoms with Gasteiger partial charge in [-0.15, -0.1) is 5.10 Å². The molecule has 1 heterocycles. The highest BCUT2D eigenvalue weighted by Gasteiger charge is 2.16. The van der Waals surface area contributed by atoms with Gasteiger partial charge in [0.15, 0.2) is 0 Å². The predicted octanol–water partition coefficient (Wildman–Crippen LogP) is 1.54. The summed E-state index contributed by atoms with van der Waals surface area (Å²) in [6.45, 7) is 1.37. The summed E-state index contributed by atoms with van der Waals surface area (Å²) < 4.78 is 0. The standard InChI is InChI=1S/C11H10N4O3S/c1-7(16)13-14-11-12-10(6-19-11)8-2-4-9(5-3-8)15(17)18/h2-5H,6H2,1H3,(H,13,16)/b14-11-. The lowest BCUT2D eigenvalue weighted by Gasteiger charge is -1.97. The molecular formula is C11H10N4O3S. The molecule has 2 rings (SSSR count). The molecule has 1 aromatic carbocycles. The lowest BCUT2D eigenvalue weighted by Crippen LogP contribution is -2.13. The molecular weight excluding hydrogens is 268 g/mol. The third kappa shape index (κ3) is 3.38. The zero-order valence-corrected chi connectivity index (χ0v) is 10.8. The van der Waals surface area contributed by atoms with Gasteiger partial charge in [0.05, 0.1) is 10.6 Å². The minimum atomic E-state index is -0.446. The van der Waals surface area contributed by atoms with E-state index < -0.39 is 4.92 Å². The Kier molecular flexibility index (Phi) is 3.91. The number of nitrogens with zero attached hydrogens (tertiary/aromatic N) is 3. The first-order chi connectivity index (χ1) is 9.06. The van der Waals surface area contributed by atoms with Crippen molar-refractivity contribution in [1.29, 1.82) is 0 Å². The maximum absolute atomic E-state index is 10.7. The molecule has 1 aliphatic rings. The average molecular weight is 278 g/mol. The first kappa shape index (κ1) is 13.2. The number of rotatable bonds is 3. The number of hydrazone groups is 1. The van der Waals surface area contributed by atoms with Crippen LogP contribution in [0.1, 0.15) is 12.5 Å². The van der Waals surface area contributed by atoms with Crippen LogP contribution in [0.2, 0.25) is 0 Å². The molecule has 1 aromatic rings. The number of non-ortho nitro benzene ring substituents is 1. The van der Waals surface area contributed by atoms with Crippen molar-refractivity contribution >= 4 is 34.2 Å². The van der Waals surface area contributed by atoms with Crippen LogP contribution in [-0.2, 0) is 4.79 Å². The summed E-state index contributed by atoms with van der Waals surface area (Å²) in [5.74, 6) is 0.364. The topological polar surface area (TPSA) is 97.0 Å². The maximum Gasteiger partial charge on any atom is 0.269 e. The van der Waals surface area contributed by atoms with Gasteiger partial charge in [0.25, 0.3) is 5.69 Å². The quantitative estimate of drug-likeness (QED) is 0.669. The molecule has 0 spiro atoms. The molecule has 0 aromatic heterocycles. The van der Waals surface area contributed by atoms with E-state index in [1.807, 2.05) is 0 Å². The zero-order chi connectivity index (χ0) is 13.8.